The maximum absolute atomic E-state index is 12.5. The Labute approximate surface area is 150 Å². The first-order valence-electron chi connectivity index (χ1n) is 8.90. The Kier molecular flexibility index (Phi) is 5.93. The summed E-state index contributed by atoms with van der Waals surface area (Å²) in [5.41, 5.74) is -0.816. The lowest BCUT2D eigenvalue weighted by Crippen LogP contribution is -2.48. The van der Waals surface area contributed by atoms with Crippen LogP contribution in [0.15, 0.2) is 18.5 Å². The molecule has 2 atom stereocenters. The lowest BCUT2D eigenvalue weighted by molar-refractivity contribution is -0.0419. The zero-order chi connectivity index (χ0) is 18.7. The highest BCUT2D eigenvalue weighted by molar-refractivity contribution is 5.68. The minimum absolute atomic E-state index is 0.0650. The number of nitrogens with zero attached hydrogens (tertiary/aromatic N) is 2. The first-order chi connectivity index (χ1) is 11.7. The van der Waals surface area contributed by atoms with E-state index < -0.39 is 11.2 Å². The van der Waals surface area contributed by atoms with Crippen LogP contribution in [0.5, 0.6) is 5.75 Å². The number of hydrogen-bond donors (Lipinski definition) is 1. The number of aliphatic hydroxyl groups is 1. The monoisotopic (exact) mass is 350 g/mol. The van der Waals surface area contributed by atoms with Gasteiger partial charge in [0.2, 0.25) is 0 Å². The SMILES string of the molecule is CCN(C(=O)OC(C)(C)C)C1CCCC(O)(c2cncc(OC)c2)C1. The molecule has 1 heterocycles. The van der Waals surface area contributed by atoms with Crippen LogP contribution >= 0.6 is 0 Å². The van der Waals surface area contributed by atoms with Gasteiger partial charge in [0.05, 0.1) is 18.9 Å². The number of amides is 1. The molecule has 0 radical (unpaired) electrons. The van der Waals surface area contributed by atoms with Gasteiger partial charge in [-0.2, -0.15) is 0 Å². The lowest BCUT2D eigenvalue weighted by Gasteiger charge is -2.42. The topological polar surface area (TPSA) is 71.9 Å². The van der Waals surface area contributed by atoms with Crippen LogP contribution < -0.4 is 4.74 Å². The minimum atomic E-state index is -1.01. The van der Waals surface area contributed by atoms with E-state index in [1.165, 1.54) is 0 Å². The van der Waals surface area contributed by atoms with Gasteiger partial charge in [0.25, 0.3) is 0 Å². The van der Waals surface area contributed by atoms with Gasteiger partial charge < -0.3 is 19.5 Å². The van der Waals surface area contributed by atoms with E-state index in [4.69, 9.17) is 9.47 Å². The summed E-state index contributed by atoms with van der Waals surface area (Å²) in [5, 5.41) is 11.2. The summed E-state index contributed by atoms with van der Waals surface area (Å²) >= 11 is 0. The third-order valence-electron chi connectivity index (χ3n) is 4.60. The second-order valence-electron chi connectivity index (χ2n) is 7.66. The average Bonchev–Trinajstić information content (AvgIpc) is 2.54. The number of rotatable bonds is 4. The summed E-state index contributed by atoms with van der Waals surface area (Å²) in [7, 11) is 1.58. The summed E-state index contributed by atoms with van der Waals surface area (Å²) < 4.78 is 10.7. The molecule has 1 aromatic heterocycles. The van der Waals surface area contributed by atoms with Crippen LogP contribution in [0.25, 0.3) is 0 Å². The fourth-order valence-electron chi connectivity index (χ4n) is 3.39. The van der Waals surface area contributed by atoms with Gasteiger partial charge in [-0.25, -0.2) is 4.79 Å². The number of carbonyl (C=O) groups excluding carboxylic acids is 1. The quantitative estimate of drug-likeness (QED) is 0.900. The summed E-state index contributed by atoms with van der Waals surface area (Å²) in [6.07, 6.45) is 5.76. The molecule has 6 heteroatoms. The Bertz CT molecular complexity index is 599. The van der Waals surface area contributed by atoms with E-state index in [1.54, 1.807) is 24.4 Å². The highest BCUT2D eigenvalue weighted by Gasteiger charge is 2.40. The molecule has 1 N–H and O–H groups in total. The predicted molar refractivity (Wildman–Crippen MR) is 95.6 cm³/mol. The van der Waals surface area contributed by atoms with Crippen molar-refractivity contribution >= 4 is 6.09 Å². The van der Waals surface area contributed by atoms with E-state index in [-0.39, 0.29) is 12.1 Å². The number of hydrogen-bond acceptors (Lipinski definition) is 5. The van der Waals surface area contributed by atoms with Crippen molar-refractivity contribution in [3.63, 3.8) is 0 Å². The van der Waals surface area contributed by atoms with Crippen molar-refractivity contribution in [2.24, 2.45) is 0 Å². The molecule has 0 aliphatic heterocycles. The van der Waals surface area contributed by atoms with Crippen LogP contribution in [-0.2, 0) is 10.3 Å². The summed E-state index contributed by atoms with van der Waals surface area (Å²) in [6, 6.07) is 1.75. The van der Waals surface area contributed by atoms with Crippen molar-refractivity contribution in [1.82, 2.24) is 9.88 Å². The van der Waals surface area contributed by atoms with Gasteiger partial charge >= 0.3 is 6.09 Å². The van der Waals surface area contributed by atoms with E-state index in [0.29, 0.717) is 25.1 Å². The maximum atomic E-state index is 12.5. The fourth-order valence-corrected chi connectivity index (χ4v) is 3.39. The minimum Gasteiger partial charge on any atom is -0.495 e. The molecule has 140 valence electrons. The van der Waals surface area contributed by atoms with E-state index in [0.717, 1.165) is 18.4 Å². The number of aromatic nitrogens is 1. The Morgan fingerprint density at radius 1 is 1.44 bits per heavy atom. The van der Waals surface area contributed by atoms with Crippen molar-refractivity contribution < 1.29 is 19.4 Å². The molecule has 1 aromatic rings. The van der Waals surface area contributed by atoms with Gasteiger partial charge in [0.1, 0.15) is 11.4 Å². The van der Waals surface area contributed by atoms with E-state index in [9.17, 15) is 9.90 Å². The molecule has 1 fully saturated rings. The molecule has 1 amide bonds. The van der Waals surface area contributed by atoms with Crippen LogP contribution in [0.2, 0.25) is 0 Å². The molecule has 1 saturated carbocycles. The first kappa shape index (κ1) is 19.5. The van der Waals surface area contributed by atoms with Crippen LogP contribution in [0.3, 0.4) is 0 Å². The highest BCUT2D eigenvalue weighted by Crippen LogP contribution is 2.39. The van der Waals surface area contributed by atoms with E-state index >= 15 is 0 Å². The normalized spacial score (nSPS) is 23.8. The average molecular weight is 350 g/mol. The predicted octanol–water partition coefficient (Wildman–Crippen LogP) is 3.48. The van der Waals surface area contributed by atoms with Crippen molar-refractivity contribution in [3.8, 4) is 5.75 Å². The second kappa shape index (κ2) is 7.60. The van der Waals surface area contributed by atoms with Gasteiger partial charge in [0, 0.05) is 30.8 Å². The van der Waals surface area contributed by atoms with Gasteiger partial charge in [0.15, 0.2) is 0 Å². The molecule has 2 unspecified atom stereocenters. The largest absolute Gasteiger partial charge is 0.495 e. The Morgan fingerprint density at radius 3 is 2.76 bits per heavy atom. The van der Waals surface area contributed by atoms with Crippen molar-refractivity contribution in [2.75, 3.05) is 13.7 Å². The molecule has 0 bridgehead atoms. The molecule has 1 aliphatic rings. The molecular formula is C19H30N2O4. The Morgan fingerprint density at radius 2 is 2.16 bits per heavy atom. The summed E-state index contributed by atoms with van der Waals surface area (Å²) in [4.78, 5) is 18.4. The first-order valence-corrected chi connectivity index (χ1v) is 8.90. The van der Waals surface area contributed by atoms with Crippen LogP contribution in [-0.4, -0.2) is 46.4 Å². The molecular weight excluding hydrogens is 320 g/mol. The van der Waals surface area contributed by atoms with Gasteiger partial charge in [-0.15, -0.1) is 0 Å². The Balaban J connectivity index is 2.19. The molecule has 25 heavy (non-hydrogen) atoms. The fraction of sp³-hybridized carbons (Fsp3) is 0.684. The third kappa shape index (κ3) is 4.84. The molecule has 1 aliphatic carbocycles. The van der Waals surface area contributed by atoms with Gasteiger partial charge in [-0.3, -0.25) is 4.98 Å². The van der Waals surface area contributed by atoms with E-state index in [2.05, 4.69) is 4.98 Å². The Hall–Kier alpha value is -1.82. The standard InChI is InChI=1S/C19H30N2O4/c1-6-21(17(22)25-18(2,3)4)15-8-7-9-19(23,11-15)14-10-16(24-5)13-20-12-14/h10,12-13,15,23H,6-9,11H2,1-5H3. The van der Waals surface area contributed by atoms with E-state index in [1.807, 2.05) is 33.8 Å². The third-order valence-corrected chi connectivity index (χ3v) is 4.60. The molecule has 0 aromatic carbocycles. The van der Waals surface area contributed by atoms with Gasteiger partial charge in [-0.1, -0.05) is 0 Å². The molecule has 0 spiro atoms. The second-order valence-corrected chi connectivity index (χ2v) is 7.66. The van der Waals surface area contributed by atoms with Crippen LogP contribution in [0.4, 0.5) is 4.79 Å². The number of pyridine rings is 1. The number of methoxy groups -OCH3 is 1. The van der Waals surface area contributed by atoms with Crippen LogP contribution in [0.1, 0.15) is 58.9 Å². The zero-order valence-corrected chi connectivity index (χ0v) is 15.9. The summed E-state index contributed by atoms with van der Waals surface area (Å²) in [6.45, 7) is 8.06. The number of carbonyl (C=O) groups is 1. The smallest absolute Gasteiger partial charge is 0.410 e. The number of ether oxygens (including phenoxy) is 2. The summed E-state index contributed by atoms with van der Waals surface area (Å²) in [5.74, 6) is 0.618. The van der Waals surface area contributed by atoms with Crippen molar-refractivity contribution in [1.29, 1.82) is 0 Å². The maximum Gasteiger partial charge on any atom is 0.410 e. The molecule has 6 nitrogen and oxygen atoms in total. The zero-order valence-electron chi connectivity index (χ0n) is 15.9. The van der Waals surface area contributed by atoms with Crippen molar-refractivity contribution in [2.45, 2.75) is 70.6 Å². The van der Waals surface area contributed by atoms with Gasteiger partial charge in [-0.05, 0) is 53.0 Å². The lowest BCUT2D eigenvalue weighted by atomic mass is 9.77. The molecule has 2 rings (SSSR count). The van der Waals surface area contributed by atoms with Crippen molar-refractivity contribution in [3.05, 3.63) is 24.0 Å². The van der Waals surface area contributed by atoms with Crippen LogP contribution in [0, 0.1) is 0 Å². The highest BCUT2D eigenvalue weighted by atomic mass is 16.6. The molecule has 0 saturated heterocycles.